The first-order chi connectivity index (χ1) is 44.5. The third kappa shape index (κ3) is 15.7. The van der Waals surface area contributed by atoms with E-state index in [1.165, 1.54) is 43.8 Å². The average molecular weight is 1270 g/mol. The van der Waals surface area contributed by atoms with Crippen LogP contribution in [-0.2, 0) is 46.5 Å². The predicted octanol–water partition coefficient (Wildman–Crippen LogP) is 15.6. The van der Waals surface area contributed by atoms with Crippen molar-refractivity contribution in [3.05, 3.63) is 224 Å². The molecule has 9 aromatic carbocycles. The molecule has 15 heteroatoms. The largest absolute Gasteiger partial charge is 0.495 e. The van der Waals surface area contributed by atoms with Crippen LogP contribution in [0.2, 0.25) is 0 Å². The number of fused-ring (bicyclic) bond motifs is 2. The molecule has 492 valence electrons. The Morgan fingerprint density at radius 2 is 0.463 bits per heavy atom. The minimum atomic E-state index is -0.307. The summed E-state index contributed by atoms with van der Waals surface area (Å²) in [7, 11) is -1.42. The van der Waals surface area contributed by atoms with Crippen molar-refractivity contribution in [3.8, 4) is 22.3 Å². The van der Waals surface area contributed by atoms with Gasteiger partial charge in [-0.2, -0.15) is 0 Å². The van der Waals surface area contributed by atoms with E-state index in [2.05, 4.69) is 320 Å². The summed E-state index contributed by atoms with van der Waals surface area (Å²) in [5, 5.41) is 4.87. The van der Waals surface area contributed by atoms with Crippen LogP contribution in [0.15, 0.2) is 224 Å². The van der Waals surface area contributed by atoms with Crippen LogP contribution in [0.25, 0.3) is 43.8 Å². The van der Waals surface area contributed by atoms with Crippen molar-refractivity contribution in [3.63, 3.8) is 0 Å². The van der Waals surface area contributed by atoms with E-state index < -0.39 is 0 Å². The maximum absolute atomic E-state index is 6.14. The van der Waals surface area contributed by atoms with E-state index in [4.69, 9.17) is 46.5 Å². The maximum atomic E-state index is 6.14. The summed E-state index contributed by atoms with van der Waals surface area (Å²) in [6.45, 7) is 41.5. The molecule has 0 aromatic heterocycles. The molecule has 0 saturated carbocycles. The van der Waals surface area contributed by atoms with E-state index in [1.54, 1.807) is 0 Å². The van der Waals surface area contributed by atoms with Gasteiger partial charge < -0.3 is 46.5 Å². The lowest BCUT2D eigenvalue weighted by Gasteiger charge is -2.32. The molecular weight excluding hydrogens is 1170 g/mol. The summed E-state index contributed by atoms with van der Waals surface area (Å²) >= 11 is 0. The van der Waals surface area contributed by atoms with Crippen LogP contribution in [0.3, 0.4) is 0 Å². The zero-order valence-electron chi connectivity index (χ0n) is 59.8. The predicted molar refractivity (Wildman–Crippen MR) is 397 cm³/mol. The van der Waals surface area contributed by atoms with Gasteiger partial charge in [-0.3, -0.25) is 0 Å². The highest BCUT2D eigenvalue weighted by atomic mass is 16.7. The van der Waals surface area contributed by atoms with E-state index in [9.17, 15) is 0 Å². The first kappa shape index (κ1) is 71.2. The number of benzene rings is 9. The first-order valence-corrected chi connectivity index (χ1v) is 33.6. The van der Waals surface area contributed by atoms with Crippen molar-refractivity contribution < 1.29 is 46.5 Å². The van der Waals surface area contributed by atoms with Crippen molar-refractivity contribution >= 4 is 84.5 Å². The molecule has 95 heavy (non-hydrogen) atoms. The van der Waals surface area contributed by atoms with Crippen molar-refractivity contribution in [2.45, 2.75) is 194 Å². The van der Waals surface area contributed by atoms with Crippen molar-refractivity contribution in [1.29, 1.82) is 0 Å². The molecule has 0 radical (unpaired) electrons. The van der Waals surface area contributed by atoms with Crippen molar-refractivity contribution in [2.75, 3.05) is 0 Å². The Bertz CT molecular complexity index is 3950. The Morgan fingerprint density at radius 3 is 0.905 bits per heavy atom. The molecule has 10 nitrogen and oxygen atoms in total. The van der Waals surface area contributed by atoms with Gasteiger partial charge in [0.1, 0.15) is 0 Å². The van der Waals surface area contributed by atoms with Crippen LogP contribution in [0.1, 0.15) is 138 Å². The second-order valence-corrected chi connectivity index (χ2v) is 30.5. The van der Waals surface area contributed by atoms with Crippen LogP contribution in [0.5, 0.6) is 0 Å². The average Bonchev–Trinajstić information content (AvgIpc) is 1.66. The summed E-state index contributed by atoms with van der Waals surface area (Å²) in [4.78, 5) is 0. The Kier molecular flexibility index (Phi) is 20.5. The van der Waals surface area contributed by atoms with E-state index in [-0.39, 0.29) is 91.6 Å². The zero-order chi connectivity index (χ0) is 68.6. The minimum absolute atomic E-state index is 0.240. The Morgan fingerprint density at radius 1 is 0.189 bits per heavy atom. The zero-order valence-corrected chi connectivity index (χ0v) is 59.8. The maximum Gasteiger partial charge on any atom is 0.495 e. The second-order valence-electron chi connectivity index (χ2n) is 30.5. The molecule has 0 spiro atoms. The van der Waals surface area contributed by atoms with Crippen LogP contribution in [-0.4, -0.2) is 91.6 Å². The normalized spacial score (nSPS) is 20.7. The molecule has 5 fully saturated rings. The van der Waals surface area contributed by atoms with Gasteiger partial charge in [-0.05, 0) is 210 Å². The van der Waals surface area contributed by atoms with Crippen molar-refractivity contribution in [1.82, 2.24) is 0 Å². The topological polar surface area (TPSA) is 92.3 Å². The number of rotatable bonds is 7. The number of hydrogen-bond donors (Lipinski definition) is 0. The van der Waals surface area contributed by atoms with E-state index in [1.807, 2.05) is 42.5 Å². The van der Waals surface area contributed by atoms with E-state index in [0.717, 1.165) is 27.3 Å². The van der Waals surface area contributed by atoms with Gasteiger partial charge in [-0.15, -0.1) is 0 Å². The molecular formula is C80H97B5O10. The summed E-state index contributed by atoms with van der Waals surface area (Å²) in [6, 6.07) is 76.9. The van der Waals surface area contributed by atoms with Crippen molar-refractivity contribution in [2.24, 2.45) is 0 Å². The van der Waals surface area contributed by atoms with Crippen LogP contribution in [0, 0.1) is 0 Å². The standard InChI is InChI=1S/2C18H21BO2.2C16H19BO2.C12H17BO2/c1-17(2)18(3,4)21-19(20-17)16-12-8-11-15(13-16)14-9-6-5-7-10-14;1-17(2)18(3,4)21-19(20-17)16-12-10-15(11-13-16)14-8-6-5-7-9-14;1-15(2)16(3,4)19-17(18-15)14-11-7-9-12-8-5-6-10-13(12)14;1-15(2)16(3,4)19-17(18-15)14-10-9-12-7-5-6-8-13(12)11-14;1-11(2)12(3,4)15-13(14-11)10-8-6-5-7-9-10/h2*5-13H,1-4H3;2*5-11H,1-4H3;5-9H,1-4H3. The monoisotopic (exact) mass is 1270 g/mol. The number of hydrogen-bond acceptors (Lipinski definition) is 10. The van der Waals surface area contributed by atoms with Gasteiger partial charge in [-0.25, -0.2) is 0 Å². The fourth-order valence-electron chi connectivity index (χ4n) is 11.3. The lowest BCUT2D eigenvalue weighted by atomic mass is 9.76. The van der Waals surface area contributed by atoms with E-state index >= 15 is 0 Å². The van der Waals surface area contributed by atoms with Crippen LogP contribution in [0.4, 0.5) is 0 Å². The third-order valence-corrected chi connectivity index (χ3v) is 21.0. The Balaban J connectivity index is 0.000000130. The van der Waals surface area contributed by atoms with Gasteiger partial charge in [0.2, 0.25) is 0 Å². The van der Waals surface area contributed by atoms with Crippen LogP contribution >= 0.6 is 0 Å². The lowest BCUT2D eigenvalue weighted by molar-refractivity contribution is 0.00578. The Labute approximate surface area is 569 Å². The molecule has 14 rings (SSSR count). The van der Waals surface area contributed by atoms with Crippen LogP contribution < -0.4 is 27.3 Å². The van der Waals surface area contributed by atoms with Gasteiger partial charge >= 0.3 is 35.6 Å². The highest BCUT2D eigenvalue weighted by Crippen LogP contribution is 2.41. The second kappa shape index (κ2) is 27.4. The fraction of sp³-hybridized carbons (Fsp3) is 0.375. The smallest absolute Gasteiger partial charge is 0.399 e. The highest BCUT2D eigenvalue weighted by molar-refractivity contribution is 6.65. The summed E-state index contributed by atoms with van der Waals surface area (Å²) in [5.41, 5.74) is 7.32. The molecule has 0 unspecified atom stereocenters. The third-order valence-electron chi connectivity index (χ3n) is 21.0. The fourth-order valence-corrected chi connectivity index (χ4v) is 11.3. The van der Waals surface area contributed by atoms with Gasteiger partial charge in [0.05, 0.1) is 56.0 Å². The quantitative estimate of drug-likeness (QED) is 0.144. The molecule has 0 amide bonds. The minimum Gasteiger partial charge on any atom is -0.399 e. The Hall–Kier alpha value is -6.58. The molecule has 0 atom stereocenters. The lowest BCUT2D eigenvalue weighted by Crippen LogP contribution is -2.41. The SMILES string of the molecule is CC1(C)OB(c2ccc(-c3ccccc3)cc2)OC1(C)C.CC1(C)OB(c2ccc3ccccc3c2)OC1(C)C.CC1(C)OB(c2cccc(-c3ccccc3)c2)OC1(C)C.CC1(C)OB(c2cccc3ccccc23)OC1(C)C.CC1(C)OB(c2ccccc2)OC1(C)C. The molecule has 5 aliphatic rings. The van der Waals surface area contributed by atoms with Gasteiger partial charge in [-0.1, -0.05) is 224 Å². The summed E-state index contributed by atoms with van der Waals surface area (Å²) < 4.78 is 60.7. The van der Waals surface area contributed by atoms with E-state index in [0.29, 0.717) is 0 Å². The molecule has 0 aliphatic carbocycles. The highest BCUT2D eigenvalue weighted by Gasteiger charge is 2.56. The molecule has 5 heterocycles. The molecule has 5 saturated heterocycles. The molecule has 0 bridgehead atoms. The summed E-state index contributed by atoms with van der Waals surface area (Å²) in [5.74, 6) is 0. The summed E-state index contributed by atoms with van der Waals surface area (Å²) in [6.07, 6.45) is 0. The van der Waals surface area contributed by atoms with Gasteiger partial charge in [0.25, 0.3) is 0 Å². The van der Waals surface area contributed by atoms with Gasteiger partial charge in [0.15, 0.2) is 0 Å². The molecule has 9 aromatic rings. The first-order valence-electron chi connectivity index (χ1n) is 33.6. The van der Waals surface area contributed by atoms with Gasteiger partial charge in [0, 0.05) is 0 Å². The molecule has 5 aliphatic heterocycles. The molecule has 0 N–H and O–H groups in total.